The number of nitrogens with one attached hydrogen (secondary N) is 1. The van der Waals surface area contributed by atoms with Crippen LogP contribution in [0.4, 0.5) is 5.69 Å². The van der Waals surface area contributed by atoms with E-state index in [2.05, 4.69) is 15.5 Å². The Balaban J connectivity index is 1.69. The highest BCUT2D eigenvalue weighted by Crippen LogP contribution is 2.30. The molecule has 0 atom stereocenters. The molecule has 0 spiro atoms. The van der Waals surface area contributed by atoms with E-state index in [0.29, 0.717) is 20.9 Å². The topological polar surface area (TPSA) is 59.8 Å². The molecule has 0 aliphatic carbocycles. The summed E-state index contributed by atoms with van der Waals surface area (Å²) in [6.45, 7) is 2.74. The number of carbonyl (C=O) groups is 1. The lowest BCUT2D eigenvalue weighted by molar-refractivity contribution is -0.113. The Morgan fingerprint density at radius 3 is 2.64 bits per heavy atom. The van der Waals surface area contributed by atoms with Crippen molar-refractivity contribution in [3.05, 3.63) is 45.8 Å². The summed E-state index contributed by atoms with van der Waals surface area (Å²) in [5, 5.41) is 14.7. The van der Waals surface area contributed by atoms with Crippen molar-refractivity contribution in [2.45, 2.75) is 18.6 Å². The zero-order valence-corrected chi connectivity index (χ0v) is 16.3. The Kier molecular flexibility index (Phi) is 6.01. The Hall–Kier alpha value is -1.54. The maximum absolute atomic E-state index is 12.2. The maximum atomic E-state index is 12.2. The van der Waals surface area contributed by atoms with Crippen molar-refractivity contribution in [2.75, 3.05) is 11.1 Å². The van der Waals surface area contributed by atoms with Gasteiger partial charge in [0.1, 0.15) is 0 Å². The first-order valence-electron chi connectivity index (χ1n) is 7.44. The molecule has 1 amide bonds. The van der Waals surface area contributed by atoms with Crippen LogP contribution in [0.15, 0.2) is 40.9 Å². The lowest BCUT2D eigenvalue weighted by Gasteiger charge is -2.09. The minimum absolute atomic E-state index is 0.185. The van der Waals surface area contributed by atoms with Gasteiger partial charge in [0.2, 0.25) is 5.91 Å². The number of para-hydroxylation sites is 1. The first kappa shape index (κ1) is 18.3. The minimum Gasteiger partial charge on any atom is -0.323 e. The zero-order valence-electron chi connectivity index (χ0n) is 13.2. The third-order valence-corrected chi connectivity index (χ3v) is 5.80. The fraction of sp³-hybridized carbons (Fsp3) is 0.188. The second-order valence-corrected chi connectivity index (χ2v) is 7.67. The SMILES string of the molecule is CCn1c(SCC(=O)Nc2c(Cl)cccc2Cl)nnc1-c1cccs1. The van der Waals surface area contributed by atoms with Gasteiger partial charge < -0.3 is 9.88 Å². The van der Waals surface area contributed by atoms with Gasteiger partial charge in [-0.2, -0.15) is 0 Å². The number of amides is 1. The second-order valence-electron chi connectivity index (χ2n) is 4.96. The van der Waals surface area contributed by atoms with Gasteiger partial charge in [-0.25, -0.2) is 0 Å². The summed E-state index contributed by atoms with van der Waals surface area (Å²) in [4.78, 5) is 13.3. The molecular weight excluding hydrogens is 399 g/mol. The van der Waals surface area contributed by atoms with Crippen LogP contribution in [-0.2, 0) is 11.3 Å². The van der Waals surface area contributed by atoms with Crippen LogP contribution < -0.4 is 5.32 Å². The Morgan fingerprint density at radius 2 is 2.00 bits per heavy atom. The summed E-state index contributed by atoms with van der Waals surface area (Å²) in [5.41, 5.74) is 0.424. The molecule has 3 rings (SSSR count). The van der Waals surface area contributed by atoms with Gasteiger partial charge in [0.05, 0.1) is 26.4 Å². The van der Waals surface area contributed by atoms with E-state index in [4.69, 9.17) is 23.2 Å². The number of nitrogens with zero attached hydrogens (tertiary/aromatic N) is 3. The van der Waals surface area contributed by atoms with Crippen LogP contribution in [0.2, 0.25) is 10.0 Å². The van der Waals surface area contributed by atoms with Crippen molar-refractivity contribution in [3.8, 4) is 10.7 Å². The number of hydrogen-bond donors (Lipinski definition) is 1. The summed E-state index contributed by atoms with van der Waals surface area (Å²) in [5.74, 6) is 0.794. The van der Waals surface area contributed by atoms with Crippen molar-refractivity contribution < 1.29 is 4.79 Å². The highest BCUT2D eigenvalue weighted by atomic mass is 35.5. The van der Waals surface area contributed by atoms with E-state index >= 15 is 0 Å². The minimum atomic E-state index is -0.205. The third kappa shape index (κ3) is 4.17. The van der Waals surface area contributed by atoms with Crippen LogP contribution in [0, 0.1) is 0 Å². The van der Waals surface area contributed by atoms with E-state index in [0.717, 1.165) is 17.2 Å². The van der Waals surface area contributed by atoms with E-state index in [1.165, 1.54) is 11.8 Å². The first-order valence-corrected chi connectivity index (χ1v) is 10.1. The van der Waals surface area contributed by atoms with Crippen LogP contribution >= 0.6 is 46.3 Å². The molecule has 0 aliphatic rings. The van der Waals surface area contributed by atoms with Gasteiger partial charge in [-0.1, -0.05) is 47.1 Å². The number of rotatable bonds is 6. The van der Waals surface area contributed by atoms with Crippen LogP contribution in [0.25, 0.3) is 10.7 Å². The van der Waals surface area contributed by atoms with Gasteiger partial charge >= 0.3 is 0 Å². The van der Waals surface area contributed by atoms with Gasteiger partial charge in [-0.15, -0.1) is 21.5 Å². The number of aromatic nitrogens is 3. The average Bonchev–Trinajstić information content (AvgIpc) is 3.25. The van der Waals surface area contributed by atoms with Crippen molar-refractivity contribution in [2.24, 2.45) is 0 Å². The molecule has 1 aromatic carbocycles. The van der Waals surface area contributed by atoms with Gasteiger partial charge in [-0.3, -0.25) is 4.79 Å². The molecule has 2 heterocycles. The van der Waals surface area contributed by atoms with Crippen LogP contribution in [-0.4, -0.2) is 26.4 Å². The summed E-state index contributed by atoms with van der Waals surface area (Å²) in [6, 6.07) is 9.06. The summed E-state index contributed by atoms with van der Waals surface area (Å²) < 4.78 is 1.99. The van der Waals surface area contributed by atoms with E-state index in [9.17, 15) is 4.79 Å². The number of thioether (sulfide) groups is 1. The fourth-order valence-corrected chi connectivity index (χ4v) is 4.20. The van der Waals surface area contributed by atoms with E-state index < -0.39 is 0 Å². The number of carbonyl (C=O) groups excluding carboxylic acids is 1. The maximum Gasteiger partial charge on any atom is 0.234 e. The monoisotopic (exact) mass is 412 g/mol. The van der Waals surface area contributed by atoms with Gasteiger partial charge in [-0.05, 0) is 30.5 Å². The quantitative estimate of drug-likeness (QED) is 0.574. The molecular formula is C16H14Cl2N4OS2. The molecule has 5 nitrogen and oxygen atoms in total. The Labute approximate surface area is 163 Å². The molecule has 2 aromatic heterocycles. The van der Waals surface area contributed by atoms with Gasteiger partial charge in [0, 0.05) is 6.54 Å². The smallest absolute Gasteiger partial charge is 0.234 e. The Bertz CT molecular complexity index is 860. The van der Waals surface area contributed by atoms with Gasteiger partial charge in [0.25, 0.3) is 0 Å². The molecule has 0 aliphatic heterocycles. The summed E-state index contributed by atoms with van der Waals surface area (Å²) in [6.07, 6.45) is 0. The van der Waals surface area contributed by atoms with Crippen molar-refractivity contribution >= 4 is 57.9 Å². The van der Waals surface area contributed by atoms with E-state index in [1.54, 1.807) is 29.5 Å². The lowest BCUT2D eigenvalue weighted by Crippen LogP contribution is -2.15. The molecule has 0 fully saturated rings. The molecule has 130 valence electrons. The molecule has 9 heteroatoms. The lowest BCUT2D eigenvalue weighted by atomic mass is 10.3. The molecule has 25 heavy (non-hydrogen) atoms. The molecule has 0 radical (unpaired) electrons. The molecule has 1 N–H and O–H groups in total. The number of anilines is 1. The Morgan fingerprint density at radius 1 is 1.24 bits per heavy atom. The molecule has 0 unspecified atom stereocenters. The number of thiophene rings is 1. The molecule has 3 aromatic rings. The van der Waals surface area contributed by atoms with Crippen molar-refractivity contribution in [3.63, 3.8) is 0 Å². The molecule has 0 saturated carbocycles. The number of hydrogen-bond acceptors (Lipinski definition) is 5. The average molecular weight is 413 g/mol. The highest BCUT2D eigenvalue weighted by Gasteiger charge is 2.16. The number of halogens is 2. The standard InChI is InChI=1S/C16H14Cl2N4OS2/c1-2-22-15(12-7-4-8-24-12)20-21-16(22)25-9-13(23)19-14-10(17)5-3-6-11(14)18/h3-8H,2,9H2,1H3,(H,19,23). The summed E-state index contributed by atoms with van der Waals surface area (Å²) in [7, 11) is 0. The van der Waals surface area contributed by atoms with Crippen LogP contribution in [0.1, 0.15) is 6.92 Å². The van der Waals surface area contributed by atoms with Crippen LogP contribution in [0.5, 0.6) is 0 Å². The third-order valence-electron chi connectivity index (χ3n) is 3.33. The van der Waals surface area contributed by atoms with Crippen molar-refractivity contribution in [1.82, 2.24) is 14.8 Å². The highest BCUT2D eigenvalue weighted by molar-refractivity contribution is 7.99. The zero-order chi connectivity index (χ0) is 17.8. The van der Waals surface area contributed by atoms with Crippen LogP contribution in [0.3, 0.4) is 0 Å². The summed E-state index contributed by atoms with van der Waals surface area (Å²) >= 11 is 15.1. The van der Waals surface area contributed by atoms with E-state index in [-0.39, 0.29) is 11.7 Å². The second kappa shape index (κ2) is 8.23. The number of benzene rings is 1. The predicted octanol–water partition coefficient (Wildman–Crippen LogP) is 5.06. The molecule has 0 saturated heterocycles. The predicted molar refractivity (Wildman–Crippen MR) is 105 cm³/mol. The normalized spacial score (nSPS) is 10.8. The first-order chi connectivity index (χ1) is 12.1. The molecule has 0 bridgehead atoms. The van der Waals surface area contributed by atoms with E-state index in [1.807, 2.05) is 29.0 Å². The largest absolute Gasteiger partial charge is 0.323 e. The fourth-order valence-electron chi connectivity index (χ4n) is 2.19. The van der Waals surface area contributed by atoms with Gasteiger partial charge in [0.15, 0.2) is 11.0 Å². The van der Waals surface area contributed by atoms with Crippen molar-refractivity contribution in [1.29, 1.82) is 0 Å².